The zero-order valence-electron chi connectivity index (χ0n) is 32.7. The van der Waals surface area contributed by atoms with Gasteiger partial charge in [0.2, 0.25) is 0 Å². The second-order valence-corrected chi connectivity index (χ2v) is 15.8. The minimum Gasteiger partial charge on any atom is -0.144 e. The zero-order chi connectivity index (χ0) is 37.2. The van der Waals surface area contributed by atoms with E-state index < -0.39 is 0 Å². The van der Waals surface area contributed by atoms with Crippen LogP contribution in [-0.2, 0) is 38.7 Å². The summed E-state index contributed by atoms with van der Waals surface area (Å²) < 4.78 is 0. The van der Waals surface area contributed by atoms with Gasteiger partial charge in [-0.2, -0.15) is 0 Å². The molecule has 2 heteroatoms. The van der Waals surface area contributed by atoms with Crippen LogP contribution in [-0.4, -0.2) is 9.52 Å². The van der Waals surface area contributed by atoms with Gasteiger partial charge < -0.3 is 0 Å². The maximum Gasteiger partial charge on any atom is 0.0307 e. The molecule has 2 radical (unpaired) electrons. The predicted molar refractivity (Wildman–Crippen MR) is 235 cm³/mol. The molecule has 0 nitrogen and oxygen atoms in total. The van der Waals surface area contributed by atoms with E-state index in [0.29, 0.717) is 11.8 Å². The average molecular weight is 884 g/mol. The molecule has 0 aliphatic rings. The first kappa shape index (κ1) is 40.8. The van der Waals surface area contributed by atoms with Crippen molar-refractivity contribution >= 4 is 31.1 Å². The van der Waals surface area contributed by atoms with E-state index in [9.17, 15) is 0 Å². The molecule has 0 unspecified atom stereocenters. The van der Waals surface area contributed by atoms with Crippen LogP contribution in [0.5, 0.6) is 0 Å². The fourth-order valence-corrected chi connectivity index (χ4v) is 7.34. The molecule has 0 spiro atoms. The molecular weight excluding hydrogens is 831 g/mol. The first-order chi connectivity index (χ1) is 25.9. The number of hydrogen-bond donors (Lipinski definition) is 0. The van der Waals surface area contributed by atoms with Crippen molar-refractivity contribution in [1.82, 2.24) is 0 Å². The number of benzene rings is 6. The Morgan fingerprint density at radius 1 is 0.426 bits per heavy atom. The summed E-state index contributed by atoms with van der Waals surface area (Å²) in [6.07, 6.45) is 2.22. The zero-order valence-corrected chi connectivity index (χ0v) is 37.3. The summed E-state index contributed by atoms with van der Waals surface area (Å²) in [5.74, 6) is 1.31. The molecule has 270 valence electrons. The van der Waals surface area contributed by atoms with Gasteiger partial charge in [0, 0.05) is 35.4 Å². The molecule has 0 amide bonds. The van der Waals surface area contributed by atoms with E-state index in [1.54, 1.807) is 0 Å². The molecule has 0 heterocycles. The summed E-state index contributed by atoms with van der Waals surface area (Å²) in [6.45, 7) is 13.4. The third kappa shape index (κ3) is 10.0. The van der Waals surface area contributed by atoms with E-state index in [4.69, 9.17) is 0 Å². The Balaban J connectivity index is 0.000000190. The van der Waals surface area contributed by atoms with Crippen molar-refractivity contribution in [2.24, 2.45) is 11.8 Å². The van der Waals surface area contributed by atoms with Crippen LogP contribution in [0, 0.1) is 11.8 Å². The maximum absolute atomic E-state index is 2.34. The van der Waals surface area contributed by atoms with E-state index in [1.165, 1.54) is 77.2 Å². The summed E-state index contributed by atoms with van der Waals surface area (Å²) in [5.41, 5.74) is 13.4. The summed E-state index contributed by atoms with van der Waals surface area (Å²) in [4.78, 5) is 0. The summed E-state index contributed by atoms with van der Waals surface area (Å²) in [7, 11) is 1.08. The van der Waals surface area contributed by atoms with E-state index in [0.717, 1.165) is 22.4 Å². The normalized spacial score (nSPS) is 10.8. The molecule has 0 saturated heterocycles. The minimum absolute atomic E-state index is 0. The SMILES string of the molecule is CC(C)Cc1ccccc1-c1cccc2[cH-]c(-c3ccccc3)cc12.CC(C)Cc1ccccc1-c1cccc2[cH-]c(-c3ccccc3)cc12.C[Si]C.[Hf]. The molecule has 54 heavy (non-hydrogen) atoms. The van der Waals surface area contributed by atoms with Gasteiger partial charge >= 0.3 is 0 Å². The largest absolute Gasteiger partial charge is 0.144 e. The number of hydrogen-bond acceptors (Lipinski definition) is 0. The van der Waals surface area contributed by atoms with Crippen molar-refractivity contribution in [1.29, 1.82) is 0 Å². The summed E-state index contributed by atoms with van der Waals surface area (Å²) >= 11 is 0. The standard InChI is InChI=1S/2C25H23.C2H6Si.Hf/c2*1-18(2)15-20-11-6-7-13-23(20)24-14-8-12-21-16-22(17-25(21)24)19-9-4-3-5-10-19;1-3-2;/h2*3-14,16-18H,15H2,1-2H3;1-2H3;/q2*-1;;. The van der Waals surface area contributed by atoms with Crippen LogP contribution in [0.25, 0.3) is 66.1 Å². The number of rotatable bonds is 8. The van der Waals surface area contributed by atoms with Crippen LogP contribution in [0.1, 0.15) is 38.8 Å². The Morgan fingerprint density at radius 2 is 0.759 bits per heavy atom. The van der Waals surface area contributed by atoms with Gasteiger partial charge in [0.25, 0.3) is 0 Å². The Kier molecular flexibility index (Phi) is 15.0. The van der Waals surface area contributed by atoms with Crippen LogP contribution >= 0.6 is 0 Å². The molecule has 0 N–H and O–H groups in total. The molecular formula is C52H52HfSi-2. The Hall–Kier alpha value is -4.37. The van der Waals surface area contributed by atoms with Crippen molar-refractivity contribution in [3.05, 3.63) is 181 Å². The predicted octanol–water partition coefficient (Wildman–Crippen LogP) is 15.0. The topological polar surface area (TPSA) is 0 Å². The monoisotopic (exact) mass is 884 g/mol. The second kappa shape index (κ2) is 19.8. The quantitative estimate of drug-likeness (QED) is 0.105. The maximum atomic E-state index is 2.34. The van der Waals surface area contributed by atoms with Gasteiger partial charge in [-0.05, 0) is 46.9 Å². The van der Waals surface area contributed by atoms with Gasteiger partial charge in [-0.25, -0.2) is 0 Å². The van der Waals surface area contributed by atoms with Gasteiger partial charge in [0.05, 0.1) is 0 Å². The van der Waals surface area contributed by atoms with Gasteiger partial charge in [-0.1, -0.05) is 197 Å². The minimum atomic E-state index is 0. The van der Waals surface area contributed by atoms with Crippen LogP contribution < -0.4 is 0 Å². The Morgan fingerprint density at radius 3 is 1.13 bits per heavy atom. The Labute approximate surface area is 345 Å². The molecule has 8 aromatic rings. The van der Waals surface area contributed by atoms with Crippen molar-refractivity contribution in [3.8, 4) is 44.5 Å². The van der Waals surface area contributed by atoms with Crippen LogP contribution in [0.4, 0.5) is 0 Å². The Bertz CT molecular complexity index is 2170. The van der Waals surface area contributed by atoms with Crippen molar-refractivity contribution in [2.75, 3.05) is 0 Å². The van der Waals surface area contributed by atoms with Crippen molar-refractivity contribution in [3.63, 3.8) is 0 Å². The molecule has 0 fully saturated rings. The van der Waals surface area contributed by atoms with Gasteiger partial charge in [-0.3, -0.25) is 0 Å². The second-order valence-electron chi connectivity index (χ2n) is 14.8. The average Bonchev–Trinajstić information content (AvgIpc) is 3.82. The molecule has 0 aliphatic heterocycles. The van der Waals surface area contributed by atoms with E-state index >= 15 is 0 Å². The van der Waals surface area contributed by atoms with Crippen molar-refractivity contribution < 1.29 is 25.8 Å². The first-order valence-electron chi connectivity index (χ1n) is 19.1. The molecule has 0 aliphatic carbocycles. The smallest absolute Gasteiger partial charge is 0.0307 e. The third-order valence-electron chi connectivity index (χ3n) is 9.59. The van der Waals surface area contributed by atoms with E-state index in [1.807, 2.05) is 0 Å². The molecule has 0 bridgehead atoms. The van der Waals surface area contributed by atoms with Crippen LogP contribution in [0.2, 0.25) is 13.1 Å². The molecule has 0 atom stereocenters. The van der Waals surface area contributed by atoms with Gasteiger partial charge in [-0.15, -0.1) is 69.1 Å². The van der Waals surface area contributed by atoms with Crippen LogP contribution in [0.3, 0.4) is 0 Å². The fourth-order valence-electron chi connectivity index (χ4n) is 7.34. The molecule has 0 aromatic heterocycles. The summed E-state index contributed by atoms with van der Waals surface area (Å²) in [5, 5.41) is 5.32. The number of fused-ring (bicyclic) bond motifs is 2. The van der Waals surface area contributed by atoms with Crippen LogP contribution in [0.15, 0.2) is 170 Å². The van der Waals surface area contributed by atoms with E-state index in [2.05, 4.69) is 211 Å². The van der Waals surface area contributed by atoms with Gasteiger partial charge in [0.15, 0.2) is 0 Å². The third-order valence-corrected chi connectivity index (χ3v) is 9.59. The molecule has 8 aromatic carbocycles. The van der Waals surface area contributed by atoms with Crippen molar-refractivity contribution in [2.45, 2.75) is 53.6 Å². The summed E-state index contributed by atoms with van der Waals surface area (Å²) in [6, 6.07) is 61.6. The molecule has 0 saturated carbocycles. The fraction of sp³-hybridized carbons (Fsp3) is 0.192. The van der Waals surface area contributed by atoms with Gasteiger partial charge in [0.1, 0.15) is 0 Å². The molecule has 8 rings (SSSR count). The van der Waals surface area contributed by atoms with E-state index in [-0.39, 0.29) is 25.8 Å². The first-order valence-corrected chi connectivity index (χ1v) is 21.1.